The second-order valence-corrected chi connectivity index (χ2v) is 1.77. The summed E-state index contributed by atoms with van der Waals surface area (Å²) >= 11 is 5.39. The molecule has 0 bridgehead atoms. The Bertz CT molecular complexity index is 210. The van der Waals surface area contributed by atoms with Crippen LogP contribution in [0.3, 0.4) is 0 Å². The maximum atomic E-state index is 10.3. The first-order valence-corrected chi connectivity index (χ1v) is 2.47. The van der Waals surface area contributed by atoms with Gasteiger partial charge in [0, 0.05) is 36.3 Å². The first kappa shape index (κ1) is 5.38. The molecular weight excluding hydrogens is 126 g/mol. The molecule has 42 valence electrons. The maximum absolute atomic E-state index is 10.3. The smallest absolute Gasteiger partial charge is 0.181 e. The Labute approximate surface area is 51.4 Å². The molecule has 0 radical (unpaired) electrons. The summed E-state index contributed by atoms with van der Waals surface area (Å²) in [6.07, 6.45) is 2.98. The fourth-order valence-electron chi connectivity index (χ4n) is 0.395. The van der Waals surface area contributed by atoms with E-state index in [9.17, 15) is 4.79 Å². The number of halogens is 1. The molecule has 0 aliphatic carbocycles. The van der Waals surface area contributed by atoms with E-state index in [2.05, 4.69) is 0 Å². The highest BCUT2D eigenvalue weighted by atomic mass is 35.5. The summed E-state index contributed by atoms with van der Waals surface area (Å²) in [4.78, 5) is 10.3. The van der Waals surface area contributed by atoms with E-state index in [1.54, 1.807) is 0 Å². The lowest BCUT2D eigenvalue weighted by Gasteiger charge is -1.85. The Hall–Kier alpha value is -0.760. The summed E-state index contributed by atoms with van der Waals surface area (Å²) in [5, 5.41) is 0. The summed E-state index contributed by atoms with van der Waals surface area (Å²) in [6.45, 7) is 0. The molecule has 1 aromatic rings. The molecule has 3 heteroatoms. The van der Waals surface area contributed by atoms with Crippen molar-refractivity contribution in [1.82, 2.24) is 4.09 Å². The van der Waals surface area contributed by atoms with Crippen molar-refractivity contribution < 1.29 is 0 Å². The predicted molar refractivity (Wildman–Crippen MR) is 32.0 cm³/mol. The number of hydrogen-bond acceptors (Lipinski definition) is 1. The van der Waals surface area contributed by atoms with E-state index in [0.29, 0.717) is 0 Å². The Kier molecular flexibility index (Phi) is 1.35. The van der Waals surface area contributed by atoms with Crippen molar-refractivity contribution >= 4 is 11.8 Å². The van der Waals surface area contributed by atoms with Gasteiger partial charge in [0.05, 0.1) is 0 Å². The second kappa shape index (κ2) is 2.01. The fraction of sp³-hybridized carbons (Fsp3) is 0. The lowest BCUT2D eigenvalue weighted by Crippen LogP contribution is -1.95. The summed E-state index contributed by atoms with van der Waals surface area (Å²) in [5.74, 6) is 0. The summed E-state index contributed by atoms with van der Waals surface area (Å²) in [7, 11) is 0. The van der Waals surface area contributed by atoms with Crippen molar-refractivity contribution in [3.8, 4) is 0 Å². The predicted octanol–water partition coefficient (Wildman–Crippen LogP) is 0.850. The van der Waals surface area contributed by atoms with Crippen LogP contribution in [0.5, 0.6) is 0 Å². The molecule has 1 heterocycles. The average Bonchev–Trinajstić information content (AvgIpc) is 1.77. The van der Waals surface area contributed by atoms with Gasteiger partial charge in [-0.1, -0.05) is 0 Å². The van der Waals surface area contributed by atoms with Gasteiger partial charge in [-0.25, -0.2) is 0 Å². The van der Waals surface area contributed by atoms with Gasteiger partial charge in [-0.2, -0.15) is 0 Å². The number of hydrogen-bond donors (Lipinski definition) is 0. The minimum absolute atomic E-state index is 0.0260. The van der Waals surface area contributed by atoms with Gasteiger partial charge in [0.2, 0.25) is 0 Å². The highest BCUT2D eigenvalue weighted by Crippen LogP contribution is 1.83. The number of aromatic nitrogens is 1. The molecule has 0 atom stereocenters. The van der Waals surface area contributed by atoms with Crippen molar-refractivity contribution in [2.45, 2.75) is 0 Å². The van der Waals surface area contributed by atoms with Crippen LogP contribution in [0, 0.1) is 0 Å². The second-order valence-electron chi connectivity index (χ2n) is 1.38. The van der Waals surface area contributed by atoms with E-state index < -0.39 is 0 Å². The van der Waals surface area contributed by atoms with E-state index in [4.69, 9.17) is 11.8 Å². The lowest BCUT2D eigenvalue weighted by molar-refractivity contribution is 1.19. The van der Waals surface area contributed by atoms with E-state index in [1.165, 1.54) is 28.6 Å². The minimum Gasteiger partial charge on any atom is -0.290 e. The molecule has 1 aromatic heterocycles. The first-order chi connectivity index (χ1) is 3.79. The van der Waals surface area contributed by atoms with E-state index in [0.717, 1.165) is 0 Å². The Morgan fingerprint density at radius 3 is 2.25 bits per heavy atom. The highest BCUT2D eigenvalue weighted by molar-refractivity contribution is 6.15. The summed E-state index contributed by atoms with van der Waals surface area (Å²) in [5.41, 5.74) is -0.0260. The van der Waals surface area contributed by atoms with Gasteiger partial charge >= 0.3 is 0 Å². The van der Waals surface area contributed by atoms with Gasteiger partial charge in [0.15, 0.2) is 5.43 Å². The molecule has 8 heavy (non-hydrogen) atoms. The maximum Gasteiger partial charge on any atom is 0.181 e. The molecule has 1 rings (SSSR count). The molecule has 0 saturated heterocycles. The highest BCUT2D eigenvalue weighted by Gasteiger charge is 1.78. The molecule has 0 N–H and O–H groups in total. The Morgan fingerprint density at radius 1 is 1.38 bits per heavy atom. The molecule has 2 nitrogen and oxygen atoms in total. The van der Waals surface area contributed by atoms with Gasteiger partial charge in [0.1, 0.15) is 0 Å². The zero-order chi connectivity index (χ0) is 5.98. The minimum atomic E-state index is -0.0260. The standard InChI is InChI=1S/C5H4ClNO/c6-7-3-1-5(8)2-4-7/h1-4H. The van der Waals surface area contributed by atoms with Crippen LogP contribution in [-0.4, -0.2) is 4.09 Å². The van der Waals surface area contributed by atoms with Gasteiger partial charge in [-0.05, 0) is 0 Å². The SMILES string of the molecule is O=c1ccn(Cl)cc1. The lowest BCUT2D eigenvalue weighted by atomic mass is 10.5. The zero-order valence-electron chi connectivity index (χ0n) is 4.04. The fourth-order valence-corrected chi connectivity index (χ4v) is 0.507. The van der Waals surface area contributed by atoms with Crippen LogP contribution in [0.2, 0.25) is 0 Å². The molecule has 0 unspecified atom stereocenters. The monoisotopic (exact) mass is 129 g/mol. The summed E-state index contributed by atoms with van der Waals surface area (Å²) < 4.78 is 1.29. The van der Waals surface area contributed by atoms with Gasteiger partial charge < -0.3 is 0 Å². The summed E-state index contributed by atoms with van der Waals surface area (Å²) in [6, 6.07) is 2.79. The molecule has 0 aromatic carbocycles. The topological polar surface area (TPSA) is 22.0 Å². The van der Waals surface area contributed by atoms with Crippen LogP contribution in [0.4, 0.5) is 0 Å². The van der Waals surface area contributed by atoms with Crippen LogP contribution in [0.1, 0.15) is 0 Å². The third-order valence-corrected chi connectivity index (χ3v) is 0.988. The first-order valence-electron chi connectivity index (χ1n) is 2.13. The molecular formula is C5H4ClNO. The van der Waals surface area contributed by atoms with Crippen LogP contribution in [-0.2, 0) is 0 Å². The largest absolute Gasteiger partial charge is 0.290 e. The average molecular weight is 130 g/mol. The zero-order valence-corrected chi connectivity index (χ0v) is 4.80. The van der Waals surface area contributed by atoms with Crippen molar-refractivity contribution in [2.24, 2.45) is 0 Å². The third kappa shape index (κ3) is 1.10. The van der Waals surface area contributed by atoms with E-state index >= 15 is 0 Å². The van der Waals surface area contributed by atoms with Crippen LogP contribution in [0.15, 0.2) is 29.3 Å². The number of rotatable bonds is 0. The van der Waals surface area contributed by atoms with Crippen LogP contribution >= 0.6 is 11.8 Å². The quantitative estimate of drug-likeness (QED) is 0.509. The molecule has 0 amide bonds. The van der Waals surface area contributed by atoms with Crippen molar-refractivity contribution in [3.63, 3.8) is 0 Å². The van der Waals surface area contributed by atoms with Crippen molar-refractivity contribution in [1.29, 1.82) is 0 Å². The van der Waals surface area contributed by atoms with Crippen LogP contribution < -0.4 is 5.43 Å². The number of nitrogens with zero attached hydrogens (tertiary/aromatic N) is 1. The van der Waals surface area contributed by atoms with Crippen LogP contribution in [0.25, 0.3) is 0 Å². The van der Waals surface area contributed by atoms with Crippen molar-refractivity contribution in [2.75, 3.05) is 0 Å². The molecule has 0 spiro atoms. The van der Waals surface area contributed by atoms with Gasteiger partial charge in [0.25, 0.3) is 0 Å². The van der Waals surface area contributed by atoms with Gasteiger partial charge in [-0.3, -0.25) is 8.88 Å². The Balaban J connectivity index is 3.22. The van der Waals surface area contributed by atoms with E-state index in [1.807, 2.05) is 0 Å². The molecule has 0 saturated carbocycles. The molecule has 0 fully saturated rings. The normalized spacial score (nSPS) is 9.12. The number of pyridine rings is 1. The van der Waals surface area contributed by atoms with Gasteiger partial charge in [-0.15, -0.1) is 0 Å². The van der Waals surface area contributed by atoms with Crippen molar-refractivity contribution in [3.05, 3.63) is 34.7 Å². The Morgan fingerprint density at radius 2 is 1.88 bits per heavy atom. The third-order valence-electron chi connectivity index (χ3n) is 0.762. The molecule has 0 aliphatic heterocycles. The van der Waals surface area contributed by atoms with E-state index in [-0.39, 0.29) is 5.43 Å². The molecule has 0 aliphatic rings.